The van der Waals surface area contributed by atoms with Crippen LogP contribution in [0.25, 0.3) is 5.95 Å². The van der Waals surface area contributed by atoms with E-state index in [-0.39, 0.29) is 4.99 Å². The van der Waals surface area contributed by atoms with Crippen LogP contribution >= 0.6 is 12.2 Å². The Balaban J connectivity index is 2.51. The van der Waals surface area contributed by atoms with Crippen LogP contribution in [0, 0.1) is 0 Å². The molecule has 7 heteroatoms. The van der Waals surface area contributed by atoms with Crippen molar-refractivity contribution in [1.29, 1.82) is 0 Å². The van der Waals surface area contributed by atoms with Gasteiger partial charge in [-0.25, -0.2) is 9.97 Å². The monoisotopic (exact) mass is 262 g/mol. The number of imidazole rings is 1. The molecule has 2 rings (SSSR count). The van der Waals surface area contributed by atoms with Crippen LogP contribution in [-0.4, -0.2) is 29.7 Å². The summed E-state index contributed by atoms with van der Waals surface area (Å²) in [6, 6.07) is 0. The molecule has 18 heavy (non-hydrogen) atoms. The Bertz CT molecular complexity index is 577. The van der Waals surface area contributed by atoms with Crippen molar-refractivity contribution in [3.63, 3.8) is 0 Å². The normalized spacial score (nSPS) is 10.6. The standard InChI is InChI=1S/C11H14N6S/c1-3-7-8(4-2)15-16-11(14-7)17-6-5-13-10(17)9(12)18/h5-6H,3-4H2,1-2H3,(H2,12,18). The van der Waals surface area contributed by atoms with E-state index in [4.69, 9.17) is 18.0 Å². The highest BCUT2D eigenvalue weighted by Crippen LogP contribution is 2.09. The number of nitrogens with two attached hydrogens (primary N) is 1. The van der Waals surface area contributed by atoms with E-state index in [0.29, 0.717) is 11.8 Å². The Morgan fingerprint density at radius 1 is 1.28 bits per heavy atom. The van der Waals surface area contributed by atoms with Crippen LogP contribution < -0.4 is 5.73 Å². The Morgan fingerprint density at radius 2 is 2.00 bits per heavy atom. The third kappa shape index (κ3) is 2.21. The highest BCUT2D eigenvalue weighted by atomic mass is 32.1. The van der Waals surface area contributed by atoms with Gasteiger partial charge in [-0.3, -0.25) is 4.57 Å². The zero-order chi connectivity index (χ0) is 13.1. The molecule has 0 atom stereocenters. The summed E-state index contributed by atoms with van der Waals surface area (Å²) in [5.41, 5.74) is 7.45. The summed E-state index contributed by atoms with van der Waals surface area (Å²) in [6.07, 6.45) is 4.95. The van der Waals surface area contributed by atoms with Gasteiger partial charge in [0.05, 0.1) is 11.4 Å². The van der Waals surface area contributed by atoms with Crippen molar-refractivity contribution in [2.75, 3.05) is 0 Å². The van der Waals surface area contributed by atoms with E-state index in [9.17, 15) is 0 Å². The van der Waals surface area contributed by atoms with Gasteiger partial charge in [0.2, 0.25) is 0 Å². The average Bonchev–Trinajstić information content (AvgIpc) is 2.87. The Morgan fingerprint density at radius 3 is 2.61 bits per heavy atom. The van der Waals surface area contributed by atoms with E-state index in [1.807, 2.05) is 13.8 Å². The lowest BCUT2D eigenvalue weighted by Gasteiger charge is -2.07. The number of nitrogens with zero attached hydrogens (tertiary/aromatic N) is 5. The lowest BCUT2D eigenvalue weighted by atomic mass is 10.2. The number of hydrogen-bond acceptors (Lipinski definition) is 5. The molecule has 0 fully saturated rings. The first-order chi connectivity index (χ1) is 8.67. The third-order valence-electron chi connectivity index (χ3n) is 2.57. The molecule has 0 bridgehead atoms. The zero-order valence-corrected chi connectivity index (χ0v) is 11.1. The number of rotatable bonds is 4. The lowest BCUT2D eigenvalue weighted by Crippen LogP contribution is -2.18. The Labute approximate surface area is 110 Å². The molecule has 0 aliphatic carbocycles. The van der Waals surface area contributed by atoms with E-state index in [1.165, 1.54) is 0 Å². The van der Waals surface area contributed by atoms with Gasteiger partial charge in [-0.2, -0.15) is 0 Å². The molecule has 0 saturated heterocycles. The van der Waals surface area contributed by atoms with Crippen LogP contribution in [-0.2, 0) is 12.8 Å². The summed E-state index contributed by atoms with van der Waals surface area (Å²) in [5, 5.41) is 8.27. The minimum atomic E-state index is 0.209. The third-order valence-corrected chi connectivity index (χ3v) is 2.76. The van der Waals surface area contributed by atoms with Crippen LogP contribution in [0.3, 0.4) is 0 Å². The van der Waals surface area contributed by atoms with Crippen molar-refractivity contribution in [2.24, 2.45) is 5.73 Å². The molecule has 0 unspecified atom stereocenters. The molecule has 2 aromatic rings. The molecule has 0 radical (unpaired) electrons. The lowest BCUT2D eigenvalue weighted by molar-refractivity contribution is 0.770. The number of thiocarbonyl (C=S) groups is 1. The maximum absolute atomic E-state index is 5.60. The largest absolute Gasteiger partial charge is 0.387 e. The fourth-order valence-electron chi connectivity index (χ4n) is 1.68. The minimum Gasteiger partial charge on any atom is -0.387 e. The molecule has 2 heterocycles. The second-order valence-electron chi connectivity index (χ2n) is 3.70. The number of hydrogen-bond donors (Lipinski definition) is 1. The van der Waals surface area contributed by atoms with Crippen LogP contribution in [0.4, 0.5) is 0 Å². The topological polar surface area (TPSA) is 82.5 Å². The summed E-state index contributed by atoms with van der Waals surface area (Å²) in [4.78, 5) is 8.77. The van der Waals surface area contributed by atoms with Gasteiger partial charge < -0.3 is 5.73 Å². The first kappa shape index (κ1) is 12.6. The van der Waals surface area contributed by atoms with Crippen molar-refractivity contribution < 1.29 is 0 Å². The second kappa shape index (κ2) is 5.18. The maximum atomic E-state index is 5.60. The maximum Gasteiger partial charge on any atom is 0.255 e. The van der Waals surface area contributed by atoms with Crippen molar-refractivity contribution in [1.82, 2.24) is 24.7 Å². The van der Waals surface area contributed by atoms with Crippen molar-refractivity contribution in [3.8, 4) is 5.95 Å². The fourth-order valence-corrected chi connectivity index (χ4v) is 1.83. The van der Waals surface area contributed by atoms with Crippen molar-refractivity contribution in [2.45, 2.75) is 26.7 Å². The molecule has 0 aliphatic heterocycles. The zero-order valence-electron chi connectivity index (χ0n) is 10.3. The SMILES string of the molecule is CCc1nnc(-n2ccnc2C(N)=S)nc1CC. The molecule has 0 saturated carbocycles. The molecule has 2 N–H and O–H groups in total. The number of aryl methyl sites for hydroxylation is 2. The van der Waals surface area contributed by atoms with Crippen molar-refractivity contribution in [3.05, 3.63) is 29.6 Å². The molecule has 0 aliphatic rings. The van der Waals surface area contributed by atoms with Gasteiger partial charge in [-0.1, -0.05) is 26.1 Å². The van der Waals surface area contributed by atoms with E-state index < -0.39 is 0 Å². The molecule has 0 aromatic carbocycles. The van der Waals surface area contributed by atoms with E-state index >= 15 is 0 Å². The Hall–Kier alpha value is -1.89. The molecule has 94 valence electrons. The van der Waals surface area contributed by atoms with Gasteiger partial charge in [0.1, 0.15) is 4.99 Å². The van der Waals surface area contributed by atoms with Gasteiger partial charge >= 0.3 is 0 Å². The molecule has 0 amide bonds. The van der Waals surface area contributed by atoms with Crippen LogP contribution in [0.15, 0.2) is 12.4 Å². The summed E-state index contributed by atoms with van der Waals surface area (Å²) >= 11 is 4.93. The van der Waals surface area contributed by atoms with Gasteiger partial charge in [-0.05, 0) is 12.8 Å². The molecule has 6 nitrogen and oxygen atoms in total. The molecular formula is C11H14N6S. The summed E-state index contributed by atoms with van der Waals surface area (Å²) < 4.78 is 1.65. The van der Waals surface area contributed by atoms with E-state index in [1.54, 1.807) is 17.0 Å². The summed E-state index contributed by atoms with van der Waals surface area (Å²) in [5.74, 6) is 0.919. The highest BCUT2D eigenvalue weighted by Gasteiger charge is 2.12. The van der Waals surface area contributed by atoms with E-state index in [2.05, 4.69) is 20.2 Å². The summed E-state index contributed by atoms with van der Waals surface area (Å²) in [6.45, 7) is 4.07. The second-order valence-corrected chi connectivity index (χ2v) is 4.14. The van der Waals surface area contributed by atoms with Crippen LogP contribution in [0.1, 0.15) is 31.1 Å². The fraction of sp³-hybridized carbons (Fsp3) is 0.364. The van der Waals surface area contributed by atoms with Gasteiger partial charge in [0.15, 0.2) is 5.82 Å². The Kier molecular flexibility index (Phi) is 3.61. The first-order valence-electron chi connectivity index (χ1n) is 5.73. The summed E-state index contributed by atoms with van der Waals surface area (Å²) in [7, 11) is 0. The predicted molar refractivity (Wildman–Crippen MR) is 71.6 cm³/mol. The van der Waals surface area contributed by atoms with E-state index in [0.717, 1.165) is 24.2 Å². The van der Waals surface area contributed by atoms with Crippen LogP contribution in [0.5, 0.6) is 0 Å². The highest BCUT2D eigenvalue weighted by molar-refractivity contribution is 7.80. The average molecular weight is 262 g/mol. The van der Waals surface area contributed by atoms with Gasteiger partial charge in [0.25, 0.3) is 5.95 Å². The molecular weight excluding hydrogens is 248 g/mol. The van der Waals surface area contributed by atoms with Crippen LogP contribution in [0.2, 0.25) is 0 Å². The predicted octanol–water partition coefficient (Wildman–Crippen LogP) is 0.816. The van der Waals surface area contributed by atoms with Gasteiger partial charge in [0, 0.05) is 12.4 Å². The van der Waals surface area contributed by atoms with Gasteiger partial charge in [-0.15, -0.1) is 10.2 Å². The minimum absolute atomic E-state index is 0.209. The quantitative estimate of drug-likeness (QED) is 0.821. The smallest absolute Gasteiger partial charge is 0.255 e. The molecule has 2 aromatic heterocycles. The first-order valence-corrected chi connectivity index (χ1v) is 6.14. The number of aromatic nitrogens is 5. The van der Waals surface area contributed by atoms with Crippen molar-refractivity contribution >= 4 is 17.2 Å². The molecule has 0 spiro atoms.